The minimum Gasteiger partial charge on any atom is -0.459 e. The van der Waals surface area contributed by atoms with Crippen LogP contribution in [-0.4, -0.2) is 37.5 Å². The number of aliphatic imine (C=N–C) groups is 1. The van der Waals surface area contributed by atoms with Gasteiger partial charge in [-0.2, -0.15) is 0 Å². The third-order valence-corrected chi connectivity index (χ3v) is 6.02. The predicted octanol–water partition coefficient (Wildman–Crippen LogP) is 4.61. The quantitative estimate of drug-likeness (QED) is 0.289. The van der Waals surface area contributed by atoms with E-state index in [-0.39, 0.29) is 24.0 Å². The molecule has 1 saturated heterocycles. The van der Waals surface area contributed by atoms with Crippen molar-refractivity contribution in [2.75, 3.05) is 26.7 Å². The summed E-state index contributed by atoms with van der Waals surface area (Å²) in [5, 5.41) is 10.2. The van der Waals surface area contributed by atoms with E-state index in [2.05, 4.69) is 50.2 Å². The van der Waals surface area contributed by atoms with Crippen LogP contribution in [0.1, 0.15) is 29.5 Å². The average Bonchev–Trinajstić information content (AvgIpc) is 3.46. The molecule has 1 aromatic carbocycles. The lowest BCUT2D eigenvalue weighted by Gasteiger charge is -2.27. The van der Waals surface area contributed by atoms with Gasteiger partial charge < -0.3 is 15.1 Å². The molecule has 4 rings (SSSR count). The van der Waals surface area contributed by atoms with Crippen LogP contribution in [0, 0.1) is 0 Å². The molecule has 1 atom stereocenters. The maximum absolute atomic E-state index is 5.88. The summed E-state index contributed by atoms with van der Waals surface area (Å²) in [6.07, 6.45) is 2.59. The van der Waals surface area contributed by atoms with Gasteiger partial charge in [0.05, 0.1) is 12.6 Å². The molecule has 7 heteroatoms. The number of halogens is 1. The van der Waals surface area contributed by atoms with Crippen molar-refractivity contribution in [2.45, 2.75) is 25.4 Å². The normalized spacial score (nSPS) is 16.1. The maximum atomic E-state index is 5.88. The highest BCUT2D eigenvalue weighted by Crippen LogP contribution is 2.27. The van der Waals surface area contributed by atoms with E-state index in [9.17, 15) is 0 Å². The molecule has 0 aliphatic carbocycles. The van der Waals surface area contributed by atoms with Gasteiger partial charge in [-0.1, -0.05) is 24.3 Å². The zero-order valence-electron chi connectivity index (χ0n) is 16.1. The van der Waals surface area contributed by atoms with Crippen molar-refractivity contribution in [1.82, 2.24) is 15.5 Å². The average molecular weight is 510 g/mol. The van der Waals surface area contributed by atoms with Crippen LogP contribution >= 0.6 is 35.3 Å². The van der Waals surface area contributed by atoms with Crippen LogP contribution < -0.4 is 10.6 Å². The van der Waals surface area contributed by atoms with Crippen molar-refractivity contribution in [3.8, 4) is 0 Å². The molecule has 0 bridgehead atoms. The summed E-state index contributed by atoms with van der Waals surface area (Å²) in [6, 6.07) is 14.9. The first kappa shape index (κ1) is 21.1. The van der Waals surface area contributed by atoms with Gasteiger partial charge in [0.15, 0.2) is 5.96 Å². The Morgan fingerprint density at radius 2 is 2.00 bits per heavy atom. The van der Waals surface area contributed by atoms with Crippen molar-refractivity contribution < 1.29 is 4.42 Å². The van der Waals surface area contributed by atoms with Crippen LogP contribution in [0.25, 0.3) is 11.0 Å². The lowest BCUT2D eigenvalue weighted by atomic mass is 10.2. The number of benzene rings is 1. The second-order valence-electron chi connectivity index (χ2n) is 6.83. The van der Waals surface area contributed by atoms with Gasteiger partial charge in [-0.05, 0) is 49.5 Å². The monoisotopic (exact) mass is 510 g/mol. The molecule has 3 aromatic rings. The van der Waals surface area contributed by atoms with Crippen LogP contribution in [0.4, 0.5) is 0 Å². The molecule has 2 aromatic heterocycles. The summed E-state index contributed by atoms with van der Waals surface area (Å²) in [5.41, 5.74) is 0.920. The van der Waals surface area contributed by atoms with Gasteiger partial charge in [-0.3, -0.25) is 9.89 Å². The van der Waals surface area contributed by atoms with Crippen molar-refractivity contribution in [1.29, 1.82) is 0 Å². The lowest BCUT2D eigenvalue weighted by molar-refractivity contribution is 0.249. The van der Waals surface area contributed by atoms with E-state index in [4.69, 9.17) is 4.42 Å². The Balaban J connectivity index is 0.00000225. The molecule has 0 saturated carbocycles. The molecule has 3 heterocycles. The zero-order valence-corrected chi connectivity index (χ0v) is 19.2. The summed E-state index contributed by atoms with van der Waals surface area (Å²) >= 11 is 1.83. The molecule has 1 unspecified atom stereocenters. The molecule has 1 fully saturated rings. The number of guanidine groups is 1. The molecule has 28 heavy (non-hydrogen) atoms. The van der Waals surface area contributed by atoms with Crippen LogP contribution in [-0.2, 0) is 6.54 Å². The van der Waals surface area contributed by atoms with Crippen LogP contribution in [0.15, 0.2) is 57.3 Å². The van der Waals surface area contributed by atoms with Crippen LogP contribution in [0.3, 0.4) is 0 Å². The van der Waals surface area contributed by atoms with Gasteiger partial charge in [0.25, 0.3) is 0 Å². The maximum Gasteiger partial charge on any atom is 0.191 e. The highest BCUT2D eigenvalue weighted by Gasteiger charge is 2.24. The van der Waals surface area contributed by atoms with E-state index in [1.165, 1.54) is 30.8 Å². The second kappa shape index (κ2) is 10.3. The van der Waals surface area contributed by atoms with E-state index < -0.39 is 0 Å². The number of thiophene rings is 1. The van der Waals surface area contributed by atoms with Crippen molar-refractivity contribution in [3.63, 3.8) is 0 Å². The summed E-state index contributed by atoms with van der Waals surface area (Å²) in [6.45, 7) is 3.81. The van der Waals surface area contributed by atoms with Gasteiger partial charge in [0.2, 0.25) is 0 Å². The number of rotatable bonds is 6. The number of likely N-dealkylation sites (tertiary alicyclic amines) is 1. The van der Waals surface area contributed by atoms with E-state index in [1.54, 1.807) is 0 Å². The van der Waals surface area contributed by atoms with Crippen molar-refractivity contribution in [3.05, 3.63) is 58.5 Å². The minimum absolute atomic E-state index is 0. The third kappa shape index (κ3) is 5.07. The number of hydrogen-bond donors (Lipinski definition) is 2. The molecule has 5 nitrogen and oxygen atoms in total. The van der Waals surface area contributed by atoms with Gasteiger partial charge in [-0.25, -0.2) is 0 Å². The smallest absolute Gasteiger partial charge is 0.191 e. The number of para-hydroxylation sites is 1. The Bertz CT molecular complexity index is 854. The van der Waals surface area contributed by atoms with E-state index in [1.807, 2.05) is 36.6 Å². The third-order valence-electron chi connectivity index (χ3n) is 5.05. The molecule has 1 aliphatic heterocycles. The van der Waals surface area contributed by atoms with Crippen LogP contribution in [0.2, 0.25) is 0 Å². The van der Waals surface area contributed by atoms with E-state index in [0.717, 1.165) is 29.2 Å². The number of furan rings is 1. The Kier molecular flexibility index (Phi) is 7.75. The first-order chi connectivity index (χ1) is 13.3. The predicted molar refractivity (Wildman–Crippen MR) is 128 cm³/mol. The fourth-order valence-electron chi connectivity index (χ4n) is 3.65. The summed E-state index contributed by atoms with van der Waals surface area (Å²) in [7, 11) is 1.81. The Hall–Kier alpha value is -1.58. The molecule has 0 radical (unpaired) electrons. The lowest BCUT2D eigenvalue weighted by Crippen LogP contribution is -2.42. The SMILES string of the molecule is CN=C(NCc1cc2ccccc2o1)NCC(c1cccs1)N1CCCC1.I. The Morgan fingerprint density at radius 3 is 2.71 bits per heavy atom. The van der Waals surface area contributed by atoms with E-state index in [0.29, 0.717) is 12.6 Å². The van der Waals surface area contributed by atoms with Gasteiger partial charge in [-0.15, -0.1) is 35.3 Å². The summed E-state index contributed by atoms with van der Waals surface area (Å²) in [4.78, 5) is 8.36. The number of nitrogens with one attached hydrogen (secondary N) is 2. The fourth-order valence-corrected chi connectivity index (χ4v) is 4.51. The van der Waals surface area contributed by atoms with Crippen molar-refractivity contribution in [2.24, 2.45) is 4.99 Å². The topological polar surface area (TPSA) is 52.8 Å². The minimum atomic E-state index is 0. The number of fused-ring (bicyclic) bond motifs is 1. The first-order valence-electron chi connectivity index (χ1n) is 9.53. The molecule has 150 valence electrons. The van der Waals surface area contributed by atoms with Gasteiger partial charge in [0.1, 0.15) is 11.3 Å². The molecule has 2 N–H and O–H groups in total. The standard InChI is InChI=1S/C21H26N4OS.HI/c1-22-21(23-14-17-13-16-7-2-3-8-19(16)26-17)24-15-18(20-9-6-12-27-20)25-10-4-5-11-25;/h2-3,6-9,12-13,18H,4-5,10-11,14-15H2,1H3,(H2,22,23,24);1H. The zero-order chi connectivity index (χ0) is 18.5. The number of nitrogens with zero attached hydrogens (tertiary/aromatic N) is 2. The highest BCUT2D eigenvalue weighted by atomic mass is 127. The Labute approximate surface area is 187 Å². The second-order valence-corrected chi connectivity index (χ2v) is 7.81. The summed E-state index contributed by atoms with van der Waals surface area (Å²) < 4.78 is 5.88. The molecule has 0 spiro atoms. The molecular formula is C21H27IN4OS. The fraction of sp³-hybridized carbons (Fsp3) is 0.381. The van der Waals surface area contributed by atoms with E-state index >= 15 is 0 Å². The molecular weight excluding hydrogens is 483 g/mol. The van der Waals surface area contributed by atoms with Gasteiger partial charge >= 0.3 is 0 Å². The Morgan fingerprint density at radius 1 is 1.18 bits per heavy atom. The molecule has 1 aliphatic rings. The molecule has 0 amide bonds. The first-order valence-corrected chi connectivity index (χ1v) is 10.4. The number of hydrogen-bond acceptors (Lipinski definition) is 4. The summed E-state index contributed by atoms with van der Waals surface area (Å²) in [5.74, 6) is 1.71. The highest BCUT2D eigenvalue weighted by molar-refractivity contribution is 14.0. The van der Waals surface area contributed by atoms with Crippen molar-refractivity contribution >= 4 is 52.2 Å². The van der Waals surface area contributed by atoms with Gasteiger partial charge in [0, 0.05) is 23.9 Å². The van der Waals surface area contributed by atoms with Crippen LogP contribution in [0.5, 0.6) is 0 Å². The largest absolute Gasteiger partial charge is 0.459 e.